The van der Waals surface area contributed by atoms with E-state index in [1.54, 1.807) is 0 Å². The van der Waals surface area contributed by atoms with Gasteiger partial charge >= 0.3 is 0 Å². The first-order valence-electron chi connectivity index (χ1n) is 6.86. The summed E-state index contributed by atoms with van der Waals surface area (Å²) in [5.74, 6) is 0.165. The van der Waals surface area contributed by atoms with Gasteiger partial charge in [-0.1, -0.05) is 30.3 Å². The summed E-state index contributed by atoms with van der Waals surface area (Å²) in [7, 11) is -3.46. The number of nitrogens with one attached hydrogen (secondary N) is 1. The van der Waals surface area contributed by atoms with Crippen molar-refractivity contribution in [3.63, 3.8) is 0 Å². The van der Waals surface area contributed by atoms with Crippen LogP contribution in [0.1, 0.15) is 11.1 Å². The Morgan fingerprint density at radius 2 is 1.77 bits per heavy atom. The zero-order valence-electron chi connectivity index (χ0n) is 12.3. The van der Waals surface area contributed by atoms with E-state index in [0.717, 1.165) is 11.3 Å². The van der Waals surface area contributed by atoms with Gasteiger partial charge in [0.15, 0.2) is 0 Å². The predicted octanol–water partition coefficient (Wildman–Crippen LogP) is 2.63. The SMILES string of the molecule is Cc1ccccc1OCCNS(=O)(=O)Cc1ccc(F)cc1. The molecule has 2 aromatic carbocycles. The van der Waals surface area contributed by atoms with Crippen molar-refractivity contribution < 1.29 is 17.5 Å². The number of aryl methyl sites for hydroxylation is 1. The van der Waals surface area contributed by atoms with Gasteiger partial charge in [0, 0.05) is 6.54 Å². The minimum atomic E-state index is -3.46. The Labute approximate surface area is 130 Å². The molecule has 0 aliphatic heterocycles. The molecule has 0 atom stereocenters. The fourth-order valence-corrected chi connectivity index (χ4v) is 3.06. The minimum Gasteiger partial charge on any atom is -0.492 e. The topological polar surface area (TPSA) is 55.4 Å². The third kappa shape index (κ3) is 5.13. The molecule has 22 heavy (non-hydrogen) atoms. The first kappa shape index (κ1) is 16.5. The summed E-state index contributed by atoms with van der Waals surface area (Å²) < 4.78 is 44.6. The molecule has 0 radical (unpaired) electrons. The van der Waals surface area contributed by atoms with Crippen molar-refractivity contribution in [1.82, 2.24) is 4.72 Å². The van der Waals surface area contributed by atoms with E-state index in [0.29, 0.717) is 5.56 Å². The van der Waals surface area contributed by atoms with E-state index < -0.39 is 10.0 Å². The number of hydrogen-bond acceptors (Lipinski definition) is 3. The second kappa shape index (κ2) is 7.38. The minimum absolute atomic E-state index is 0.178. The van der Waals surface area contributed by atoms with E-state index in [-0.39, 0.29) is 24.7 Å². The van der Waals surface area contributed by atoms with Gasteiger partial charge in [0.25, 0.3) is 0 Å². The van der Waals surface area contributed by atoms with E-state index >= 15 is 0 Å². The molecule has 0 unspecified atom stereocenters. The van der Waals surface area contributed by atoms with Crippen LogP contribution in [0.15, 0.2) is 48.5 Å². The van der Waals surface area contributed by atoms with Crippen molar-refractivity contribution in [3.8, 4) is 5.75 Å². The molecule has 1 N–H and O–H groups in total. The van der Waals surface area contributed by atoms with Crippen LogP contribution in [-0.2, 0) is 15.8 Å². The molecule has 0 saturated heterocycles. The smallest absolute Gasteiger partial charge is 0.215 e. The van der Waals surface area contributed by atoms with Crippen molar-refractivity contribution in [2.24, 2.45) is 0 Å². The van der Waals surface area contributed by atoms with Gasteiger partial charge in [0.05, 0.1) is 5.75 Å². The van der Waals surface area contributed by atoms with Crippen LogP contribution in [0, 0.1) is 12.7 Å². The van der Waals surface area contributed by atoms with Crippen LogP contribution in [-0.4, -0.2) is 21.6 Å². The van der Waals surface area contributed by atoms with Gasteiger partial charge in [-0.05, 0) is 36.2 Å². The Morgan fingerprint density at radius 1 is 1.09 bits per heavy atom. The zero-order chi connectivity index (χ0) is 16.0. The third-order valence-electron chi connectivity index (χ3n) is 3.05. The van der Waals surface area contributed by atoms with Crippen molar-refractivity contribution in [2.45, 2.75) is 12.7 Å². The predicted molar refractivity (Wildman–Crippen MR) is 83.7 cm³/mol. The Bertz CT molecular complexity index is 714. The maximum Gasteiger partial charge on any atom is 0.215 e. The van der Waals surface area contributed by atoms with Crippen molar-refractivity contribution >= 4 is 10.0 Å². The second-order valence-corrected chi connectivity index (χ2v) is 6.70. The molecular weight excluding hydrogens is 305 g/mol. The van der Waals surface area contributed by atoms with Crippen LogP contribution < -0.4 is 9.46 Å². The highest BCUT2D eigenvalue weighted by molar-refractivity contribution is 7.88. The number of rotatable bonds is 7. The van der Waals surface area contributed by atoms with Gasteiger partial charge in [0.1, 0.15) is 18.2 Å². The van der Waals surface area contributed by atoms with E-state index in [1.165, 1.54) is 24.3 Å². The van der Waals surface area contributed by atoms with Gasteiger partial charge < -0.3 is 4.74 Å². The van der Waals surface area contributed by atoms with Gasteiger partial charge in [-0.3, -0.25) is 0 Å². The molecule has 4 nitrogen and oxygen atoms in total. The maximum atomic E-state index is 12.8. The van der Waals surface area contributed by atoms with E-state index in [4.69, 9.17) is 4.74 Å². The largest absolute Gasteiger partial charge is 0.492 e. The second-order valence-electron chi connectivity index (χ2n) is 4.89. The fraction of sp³-hybridized carbons (Fsp3) is 0.250. The van der Waals surface area contributed by atoms with Crippen LogP contribution in [0.2, 0.25) is 0 Å². The van der Waals surface area contributed by atoms with Gasteiger partial charge in [-0.25, -0.2) is 17.5 Å². The number of ether oxygens (including phenoxy) is 1. The highest BCUT2D eigenvalue weighted by atomic mass is 32.2. The number of hydrogen-bond donors (Lipinski definition) is 1. The monoisotopic (exact) mass is 323 g/mol. The highest BCUT2D eigenvalue weighted by Crippen LogP contribution is 2.15. The molecule has 0 heterocycles. The Morgan fingerprint density at radius 3 is 2.45 bits per heavy atom. The molecule has 0 bridgehead atoms. The summed E-state index contributed by atoms with van der Waals surface area (Å²) in [5.41, 5.74) is 1.53. The maximum absolute atomic E-state index is 12.8. The number of benzene rings is 2. The standard InChI is InChI=1S/C16H18FNO3S/c1-13-4-2-3-5-16(13)21-11-10-18-22(19,20)12-14-6-8-15(17)9-7-14/h2-9,18H,10-12H2,1H3. The molecule has 0 amide bonds. The lowest BCUT2D eigenvalue weighted by Crippen LogP contribution is -2.29. The van der Waals surface area contributed by atoms with Crippen molar-refractivity contribution in [3.05, 3.63) is 65.5 Å². The summed E-state index contributed by atoms with van der Waals surface area (Å²) in [6.07, 6.45) is 0. The molecule has 0 spiro atoms. The Hall–Kier alpha value is -1.92. The summed E-state index contributed by atoms with van der Waals surface area (Å²) in [4.78, 5) is 0. The number of para-hydroxylation sites is 1. The quantitative estimate of drug-likeness (QED) is 0.797. The lowest BCUT2D eigenvalue weighted by molar-refractivity contribution is 0.320. The molecule has 0 aliphatic carbocycles. The Balaban J connectivity index is 1.80. The lowest BCUT2D eigenvalue weighted by atomic mass is 10.2. The molecule has 0 aliphatic rings. The molecule has 118 valence electrons. The van der Waals surface area contributed by atoms with E-state index in [2.05, 4.69) is 4.72 Å². The fourth-order valence-electron chi connectivity index (χ4n) is 1.93. The average Bonchev–Trinajstić information content (AvgIpc) is 2.47. The summed E-state index contributed by atoms with van der Waals surface area (Å²) in [6.45, 7) is 2.35. The first-order chi connectivity index (χ1) is 10.5. The Kier molecular flexibility index (Phi) is 5.51. The summed E-state index contributed by atoms with van der Waals surface area (Å²) in [6, 6.07) is 12.9. The van der Waals surface area contributed by atoms with Crippen LogP contribution in [0.25, 0.3) is 0 Å². The lowest BCUT2D eigenvalue weighted by Gasteiger charge is -2.10. The first-order valence-corrected chi connectivity index (χ1v) is 8.52. The molecule has 0 saturated carbocycles. The van der Waals surface area contributed by atoms with Crippen molar-refractivity contribution in [1.29, 1.82) is 0 Å². The number of sulfonamides is 1. The third-order valence-corrected chi connectivity index (χ3v) is 4.40. The van der Waals surface area contributed by atoms with Gasteiger partial charge in [-0.15, -0.1) is 0 Å². The highest BCUT2D eigenvalue weighted by Gasteiger charge is 2.11. The summed E-state index contributed by atoms with van der Waals surface area (Å²) >= 11 is 0. The zero-order valence-corrected chi connectivity index (χ0v) is 13.1. The van der Waals surface area contributed by atoms with Crippen LogP contribution >= 0.6 is 0 Å². The van der Waals surface area contributed by atoms with Gasteiger partial charge in [-0.2, -0.15) is 0 Å². The molecule has 2 aromatic rings. The van der Waals surface area contributed by atoms with E-state index in [9.17, 15) is 12.8 Å². The van der Waals surface area contributed by atoms with Crippen molar-refractivity contribution in [2.75, 3.05) is 13.2 Å². The molecular formula is C16H18FNO3S. The average molecular weight is 323 g/mol. The van der Waals surface area contributed by atoms with E-state index in [1.807, 2.05) is 31.2 Å². The van der Waals surface area contributed by atoms with Crippen LogP contribution in [0.4, 0.5) is 4.39 Å². The summed E-state index contributed by atoms with van der Waals surface area (Å²) in [5, 5.41) is 0. The molecule has 0 aromatic heterocycles. The molecule has 2 rings (SSSR count). The normalized spacial score (nSPS) is 11.4. The van der Waals surface area contributed by atoms with Crippen LogP contribution in [0.3, 0.4) is 0 Å². The molecule has 0 fully saturated rings. The number of halogens is 1. The van der Waals surface area contributed by atoms with Crippen LogP contribution in [0.5, 0.6) is 5.75 Å². The molecule has 6 heteroatoms. The van der Waals surface area contributed by atoms with Gasteiger partial charge in [0.2, 0.25) is 10.0 Å².